The van der Waals surface area contributed by atoms with E-state index < -0.39 is 0 Å². The Bertz CT molecular complexity index is 648. The standard InChI is InChI=1S/C17H17BrO3/c1-11-4-6-13(7-5-11)17(19)14-9-15(18)12(2)8-16(14)21-10-20-3/h4-9H,10H2,1-3H3. The van der Waals surface area contributed by atoms with Crippen molar-refractivity contribution in [3.05, 3.63) is 63.1 Å². The molecule has 0 aliphatic carbocycles. The summed E-state index contributed by atoms with van der Waals surface area (Å²) in [5.41, 5.74) is 3.28. The highest BCUT2D eigenvalue weighted by Gasteiger charge is 2.16. The zero-order valence-electron chi connectivity index (χ0n) is 12.3. The summed E-state index contributed by atoms with van der Waals surface area (Å²) in [4.78, 5) is 12.7. The summed E-state index contributed by atoms with van der Waals surface area (Å²) >= 11 is 3.46. The molecule has 3 nitrogen and oxygen atoms in total. The van der Waals surface area contributed by atoms with Gasteiger partial charge in [0, 0.05) is 17.1 Å². The van der Waals surface area contributed by atoms with Crippen LogP contribution in [0.15, 0.2) is 40.9 Å². The van der Waals surface area contributed by atoms with Gasteiger partial charge in [0.15, 0.2) is 12.6 Å². The van der Waals surface area contributed by atoms with Gasteiger partial charge in [-0.05, 0) is 31.5 Å². The van der Waals surface area contributed by atoms with Crippen LogP contribution in [-0.4, -0.2) is 19.7 Å². The smallest absolute Gasteiger partial charge is 0.196 e. The number of methoxy groups -OCH3 is 1. The monoisotopic (exact) mass is 348 g/mol. The summed E-state index contributed by atoms with van der Waals surface area (Å²) in [6, 6.07) is 11.1. The van der Waals surface area contributed by atoms with E-state index in [0.29, 0.717) is 16.9 Å². The predicted octanol–water partition coefficient (Wildman–Crippen LogP) is 4.28. The van der Waals surface area contributed by atoms with Gasteiger partial charge in [-0.15, -0.1) is 0 Å². The molecule has 0 saturated carbocycles. The number of hydrogen-bond acceptors (Lipinski definition) is 3. The molecule has 0 aromatic heterocycles. The van der Waals surface area contributed by atoms with Crippen LogP contribution >= 0.6 is 15.9 Å². The van der Waals surface area contributed by atoms with Crippen LogP contribution in [0.1, 0.15) is 27.0 Å². The molecule has 0 heterocycles. The molecule has 0 bridgehead atoms. The highest BCUT2D eigenvalue weighted by Crippen LogP contribution is 2.29. The van der Waals surface area contributed by atoms with E-state index in [1.807, 2.05) is 44.2 Å². The maximum absolute atomic E-state index is 12.7. The summed E-state index contributed by atoms with van der Waals surface area (Å²) in [6.45, 7) is 4.04. The van der Waals surface area contributed by atoms with Crippen LogP contribution < -0.4 is 4.74 Å². The van der Waals surface area contributed by atoms with Crippen molar-refractivity contribution in [3.63, 3.8) is 0 Å². The molecule has 0 aliphatic heterocycles. The van der Waals surface area contributed by atoms with Gasteiger partial charge in [-0.2, -0.15) is 0 Å². The second-order valence-corrected chi connectivity index (χ2v) is 5.70. The Labute approximate surface area is 133 Å². The van der Waals surface area contributed by atoms with Gasteiger partial charge >= 0.3 is 0 Å². The van der Waals surface area contributed by atoms with Crippen LogP contribution in [0.2, 0.25) is 0 Å². The predicted molar refractivity (Wildman–Crippen MR) is 86.0 cm³/mol. The summed E-state index contributed by atoms with van der Waals surface area (Å²) in [7, 11) is 1.55. The Morgan fingerprint density at radius 2 is 1.81 bits per heavy atom. The van der Waals surface area contributed by atoms with E-state index in [0.717, 1.165) is 15.6 Å². The molecule has 21 heavy (non-hydrogen) atoms. The molecule has 110 valence electrons. The Balaban J connectivity index is 2.43. The summed E-state index contributed by atoms with van der Waals surface area (Å²) in [6.07, 6.45) is 0. The second-order valence-electron chi connectivity index (χ2n) is 4.84. The highest BCUT2D eigenvalue weighted by molar-refractivity contribution is 9.10. The van der Waals surface area contributed by atoms with E-state index in [2.05, 4.69) is 15.9 Å². The Kier molecular flexibility index (Phi) is 5.15. The third-order valence-electron chi connectivity index (χ3n) is 3.15. The van der Waals surface area contributed by atoms with E-state index in [4.69, 9.17) is 9.47 Å². The van der Waals surface area contributed by atoms with Crippen LogP contribution in [0.25, 0.3) is 0 Å². The van der Waals surface area contributed by atoms with Crippen molar-refractivity contribution in [2.45, 2.75) is 13.8 Å². The zero-order valence-corrected chi connectivity index (χ0v) is 13.9. The average molecular weight is 349 g/mol. The van der Waals surface area contributed by atoms with Gasteiger partial charge in [0.25, 0.3) is 0 Å². The molecule has 0 atom stereocenters. The second kappa shape index (κ2) is 6.87. The van der Waals surface area contributed by atoms with E-state index in [9.17, 15) is 4.79 Å². The molecule has 0 amide bonds. The molecule has 2 aromatic carbocycles. The van der Waals surface area contributed by atoms with Gasteiger partial charge < -0.3 is 9.47 Å². The Hall–Kier alpha value is -1.65. The molecule has 0 saturated heterocycles. The van der Waals surface area contributed by atoms with E-state index in [-0.39, 0.29) is 12.6 Å². The Morgan fingerprint density at radius 1 is 1.14 bits per heavy atom. The quantitative estimate of drug-likeness (QED) is 0.597. The number of aryl methyl sites for hydroxylation is 2. The van der Waals surface area contributed by atoms with Crippen LogP contribution in [0.3, 0.4) is 0 Å². The number of hydrogen-bond donors (Lipinski definition) is 0. The number of benzene rings is 2. The fourth-order valence-electron chi connectivity index (χ4n) is 1.93. The van der Waals surface area contributed by atoms with Crippen LogP contribution in [0.5, 0.6) is 5.75 Å². The summed E-state index contributed by atoms with van der Waals surface area (Å²) in [5, 5.41) is 0. The van der Waals surface area contributed by atoms with Crippen molar-refractivity contribution >= 4 is 21.7 Å². The molecule has 2 rings (SSSR count). The van der Waals surface area contributed by atoms with Crippen LogP contribution in [0, 0.1) is 13.8 Å². The van der Waals surface area contributed by atoms with Crippen molar-refractivity contribution in [1.29, 1.82) is 0 Å². The minimum absolute atomic E-state index is 0.0678. The molecular formula is C17H17BrO3. The number of rotatable bonds is 5. The largest absolute Gasteiger partial charge is 0.467 e. The number of ketones is 1. The minimum atomic E-state index is -0.0678. The SMILES string of the molecule is COCOc1cc(C)c(Br)cc1C(=O)c1ccc(C)cc1. The molecule has 0 N–H and O–H groups in total. The number of ether oxygens (including phenoxy) is 2. The third kappa shape index (κ3) is 3.71. The summed E-state index contributed by atoms with van der Waals surface area (Å²) < 4.78 is 11.3. The number of halogens is 1. The van der Waals surface area contributed by atoms with Gasteiger partial charge in [-0.25, -0.2) is 0 Å². The molecule has 0 spiro atoms. The van der Waals surface area contributed by atoms with E-state index >= 15 is 0 Å². The topological polar surface area (TPSA) is 35.5 Å². The van der Waals surface area contributed by atoms with Gasteiger partial charge in [0.1, 0.15) is 5.75 Å². The fraction of sp³-hybridized carbons (Fsp3) is 0.235. The Morgan fingerprint density at radius 3 is 2.43 bits per heavy atom. The third-order valence-corrected chi connectivity index (χ3v) is 4.01. The van der Waals surface area contributed by atoms with Crippen LogP contribution in [0.4, 0.5) is 0 Å². The first-order valence-electron chi connectivity index (χ1n) is 6.56. The molecule has 4 heteroatoms. The van der Waals surface area contributed by atoms with Gasteiger partial charge in [0.05, 0.1) is 5.56 Å². The number of carbonyl (C=O) groups is 1. The molecule has 0 fully saturated rings. The summed E-state index contributed by atoms with van der Waals surface area (Å²) in [5.74, 6) is 0.463. The highest BCUT2D eigenvalue weighted by atomic mass is 79.9. The van der Waals surface area contributed by atoms with Crippen molar-refractivity contribution < 1.29 is 14.3 Å². The first kappa shape index (κ1) is 15.7. The molecule has 0 unspecified atom stereocenters. The van der Waals surface area contributed by atoms with Gasteiger partial charge in [-0.3, -0.25) is 4.79 Å². The molecular weight excluding hydrogens is 332 g/mol. The van der Waals surface area contributed by atoms with E-state index in [1.165, 1.54) is 0 Å². The average Bonchev–Trinajstić information content (AvgIpc) is 2.48. The maximum atomic E-state index is 12.7. The minimum Gasteiger partial charge on any atom is -0.467 e. The lowest BCUT2D eigenvalue weighted by molar-refractivity contribution is 0.0503. The number of carbonyl (C=O) groups excluding carboxylic acids is 1. The van der Waals surface area contributed by atoms with E-state index in [1.54, 1.807) is 13.2 Å². The molecule has 2 aromatic rings. The fourth-order valence-corrected chi connectivity index (χ4v) is 2.28. The lowest BCUT2D eigenvalue weighted by Gasteiger charge is -2.12. The first-order valence-corrected chi connectivity index (χ1v) is 7.35. The zero-order chi connectivity index (χ0) is 15.4. The van der Waals surface area contributed by atoms with Crippen molar-refractivity contribution in [1.82, 2.24) is 0 Å². The van der Waals surface area contributed by atoms with Crippen molar-refractivity contribution in [2.24, 2.45) is 0 Å². The van der Waals surface area contributed by atoms with Gasteiger partial charge in [-0.1, -0.05) is 45.8 Å². The first-order chi connectivity index (χ1) is 10.0. The molecule has 0 radical (unpaired) electrons. The van der Waals surface area contributed by atoms with Gasteiger partial charge in [0.2, 0.25) is 0 Å². The van der Waals surface area contributed by atoms with Crippen molar-refractivity contribution in [3.8, 4) is 5.75 Å². The maximum Gasteiger partial charge on any atom is 0.196 e. The molecule has 0 aliphatic rings. The lowest BCUT2D eigenvalue weighted by atomic mass is 10.0. The van der Waals surface area contributed by atoms with Crippen molar-refractivity contribution in [2.75, 3.05) is 13.9 Å². The van der Waals surface area contributed by atoms with Crippen LogP contribution in [-0.2, 0) is 4.74 Å². The normalized spacial score (nSPS) is 10.5. The lowest BCUT2D eigenvalue weighted by Crippen LogP contribution is -2.08.